The lowest BCUT2D eigenvalue weighted by Gasteiger charge is -2.34. The fraction of sp³-hybridized carbons (Fsp3) is 0.500. The summed E-state index contributed by atoms with van der Waals surface area (Å²) in [6.45, 7) is 0. The van der Waals surface area contributed by atoms with Crippen LogP contribution in [0.5, 0.6) is 0 Å². The van der Waals surface area contributed by atoms with E-state index < -0.39 is 0 Å². The average Bonchev–Trinajstić information content (AvgIpc) is 2.48. The fourth-order valence-electron chi connectivity index (χ4n) is 1.55. The fourth-order valence-corrected chi connectivity index (χ4v) is 1.55. The zero-order valence-corrected chi connectivity index (χ0v) is 7.69. The van der Waals surface area contributed by atoms with Gasteiger partial charge in [-0.3, -0.25) is 4.79 Å². The number of hydrogen-bond donors (Lipinski definition) is 0. The molecule has 0 amide bonds. The van der Waals surface area contributed by atoms with Crippen LogP contribution < -0.4 is 4.90 Å². The van der Waals surface area contributed by atoms with Gasteiger partial charge in [0.15, 0.2) is 17.9 Å². The number of anilines is 1. The van der Waals surface area contributed by atoms with Crippen molar-refractivity contribution in [1.29, 1.82) is 0 Å². The molecule has 70 valence electrons. The molecule has 0 aliphatic heterocycles. The van der Waals surface area contributed by atoms with E-state index in [1.807, 2.05) is 13.1 Å². The zero-order chi connectivity index (χ0) is 9.26. The topological polar surface area (TPSA) is 33.5 Å². The van der Waals surface area contributed by atoms with Crippen molar-refractivity contribution in [3.63, 3.8) is 0 Å². The second-order valence-corrected chi connectivity index (χ2v) is 3.49. The van der Waals surface area contributed by atoms with Gasteiger partial charge in [-0.2, -0.15) is 0 Å². The molecule has 0 radical (unpaired) electrons. The Hall–Kier alpha value is -1.25. The second kappa shape index (κ2) is 3.24. The van der Waals surface area contributed by atoms with Gasteiger partial charge in [-0.15, -0.1) is 0 Å². The molecule has 1 aliphatic carbocycles. The first-order chi connectivity index (χ1) is 6.31. The van der Waals surface area contributed by atoms with Gasteiger partial charge < -0.3 is 9.32 Å². The largest absolute Gasteiger partial charge is 0.438 e. The standard InChI is InChI=1S/C10H13NO2/c1-11(8-3-2-4-8)10-6-5-9(7-12)13-10/h5-8H,2-4H2,1H3. The summed E-state index contributed by atoms with van der Waals surface area (Å²) in [5.41, 5.74) is 0. The van der Waals surface area contributed by atoms with Crippen LogP contribution in [0.2, 0.25) is 0 Å². The van der Waals surface area contributed by atoms with Crippen LogP contribution in [-0.4, -0.2) is 19.4 Å². The molecule has 1 aromatic heterocycles. The molecular formula is C10H13NO2. The molecule has 0 spiro atoms. The van der Waals surface area contributed by atoms with Crippen molar-refractivity contribution in [2.75, 3.05) is 11.9 Å². The Kier molecular flexibility index (Phi) is 2.08. The number of carbonyl (C=O) groups is 1. The third-order valence-electron chi connectivity index (χ3n) is 2.70. The van der Waals surface area contributed by atoms with Crippen molar-refractivity contribution in [2.45, 2.75) is 25.3 Å². The average molecular weight is 179 g/mol. The Morgan fingerprint density at radius 3 is 2.77 bits per heavy atom. The van der Waals surface area contributed by atoms with Gasteiger partial charge in [-0.1, -0.05) is 0 Å². The third kappa shape index (κ3) is 1.46. The lowest BCUT2D eigenvalue weighted by molar-refractivity contribution is 0.110. The maximum absolute atomic E-state index is 10.4. The Balaban J connectivity index is 2.09. The molecule has 1 fully saturated rings. The van der Waals surface area contributed by atoms with Crippen LogP contribution >= 0.6 is 0 Å². The van der Waals surface area contributed by atoms with E-state index in [1.54, 1.807) is 6.07 Å². The van der Waals surface area contributed by atoms with Crippen LogP contribution in [0.4, 0.5) is 5.88 Å². The highest BCUT2D eigenvalue weighted by Gasteiger charge is 2.23. The number of aldehydes is 1. The molecule has 2 rings (SSSR count). The summed E-state index contributed by atoms with van der Waals surface area (Å²) in [4.78, 5) is 12.5. The molecular weight excluding hydrogens is 166 g/mol. The molecule has 1 heterocycles. The molecule has 1 aliphatic rings. The third-order valence-corrected chi connectivity index (χ3v) is 2.70. The number of furan rings is 1. The molecule has 0 aromatic carbocycles. The SMILES string of the molecule is CN(c1ccc(C=O)o1)C1CCC1. The van der Waals surface area contributed by atoms with Gasteiger partial charge in [0.1, 0.15) is 0 Å². The van der Waals surface area contributed by atoms with E-state index >= 15 is 0 Å². The van der Waals surface area contributed by atoms with Crippen molar-refractivity contribution in [3.05, 3.63) is 17.9 Å². The predicted molar refractivity (Wildman–Crippen MR) is 50.1 cm³/mol. The number of hydrogen-bond acceptors (Lipinski definition) is 3. The Labute approximate surface area is 77.3 Å². The molecule has 3 nitrogen and oxygen atoms in total. The summed E-state index contributed by atoms with van der Waals surface area (Å²) < 4.78 is 5.31. The molecule has 0 saturated heterocycles. The molecule has 13 heavy (non-hydrogen) atoms. The summed E-state index contributed by atoms with van der Waals surface area (Å²) in [7, 11) is 2.01. The highest BCUT2D eigenvalue weighted by atomic mass is 16.4. The van der Waals surface area contributed by atoms with Gasteiger partial charge in [0.2, 0.25) is 0 Å². The lowest BCUT2D eigenvalue weighted by atomic mass is 9.92. The summed E-state index contributed by atoms with van der Waals surface area (Å²) in [5, 5.41) is 0. The first kappa shape index (κ1) is 8.35. The number of carbonyl (C=O) groups excluding carboxylic acids is 1. The van der Waals surface area contributed by atoms with Gasteiger partial charge in [0.25, 0.3) is 0 Å². The van der Waals surface area contributed by atoms with E-state index in [1.165, 1.54) is 19.3 Å². The van der Waals surface area contributed by atoms with Gasteiger partial charge in [0, 0.05) is 19.2 Å². The monoisotopic (exact) mass is 179 g/mol. The smallest absolute Gasteiger partial charge is 0.196 e. The summed E-state index contributed by atoms with van der Waals surface area (Å²) in [6.07, 6.45) is 4.50. The van der Waals surface area contributed by atoms with E-state index in [2.05, 4.69) is 4.90 Å². The highest BCUT2D eigenvalue weighted by molar-refractivity contribution is 5.71. The van der Waals surface area contributed by atoms with E-state index in [4.69, 9.17) is 4.42 Å². The molecule has 0 atom stereocenters. The van der Waals surface area contributed by atoms with E-state index in [0.717, 1.165) is 12.2 Å². The van der Waals surface area contributed by atoms with Crippen LogP contribution in [-0.2, 0) is 0 Å². The maximum atomic E-state index is 10.4. The Bertz CT molecular complexity index is 302. The van der Waals surface area contributed by atoms with Crippen molar-refractivity contribution in [1.82, 2.24) is 0 Å². The molecule has 1 saturated carbocycles. The minimum atomic E-state index is 0.404. The van der Waals surface area contributed by atoms with Crippen molar-refractivity contribution in [2.24, 2.45) is 0 Å². The minimum Gasteiger partial charge on any atom is -0.438 e. The summed E-state index contributed by atoms with van der Waals surface area (Å²) in [5.74, 6) is 1.20. The van der Waals surface area contributed by atoms with Crippen LogP contribution in [0.1, 0.15) is 29.8 Å². The molecule has 1 aromatic rings. The van der Waals surface area contributed by atoms with Gasteiger partial charge in [-0.05, 0) is 25.3 Å². The summed E-state index contributed by atoms with van der Waals surface area (Å²) in [6, 6.07) is 4.16. The van der Waals surface area contributed by atoms with Crippen molar-refractivity contribution < 1.29 is 9.21 Å². The minimum absolute atomic E-state index is 0.404. The van der Waals surface area contributed by atoms with Crippen molar-refractivity contribution >= 4 is 12.2 Å². The maximum Gasteiger partial charge on any atom is 0.196 e. The zero-order valence-electron chi connectivity index (χ0n) is 7.69. The van der Waals surface area contributed by atoms with Crippen LogP contribution in [0, 0.1) is 0 Å². The first-order valence-corrected chi connectivity index (χ1v) is 4.59. The van der Waals surface area contributed by atoms with Crippen molar-refractivity contribution in [3.8, 4) is 0 Å². The normalized spacial score (nSPS) is 16.7. The molecule has 0 N–H and O–H groups in total. The van der Waals surface area contributed by atoms with Gasteiger partial charge in [-0.25, -0.2) is 0 Å². The number of rotatable bonds is 3. The second-order valence-electron chi connectivity index (χ2n) is 3.49. The van der Waals surface area contributed by atoms with E-state index in [0.29, 0.717) is 11.8 Å². The molecule has 0 bridgehead atoms. The number of nitrogens with zero attached hydrogens (tertiary/aromatic N) is 1. The van der Waals surface area contributed by atoms with Gasteiger partial charge >= 0.3 is 0 Å². The quantitative estimate of drug-likeness (QED) is 0.666. The summed E-state index contributed by atoms with van der Waals surface area (Å²) >= 11 is 0. The predicted octanol–water partition coefficient (Wildman–Crippen LogP) is 2.08. The highest BCUT2D eigenvalue weighted by Crippen LogP contribution is 2.28. The van der Waals surface area contributed by atoms with E-state index in [-0.39, 0.29) is 0 Å². The van der Waals surface area contributed by atoms with Crippen LogP contribution in [0.15, 0.2) is 16.5 Å². The lowest BCUT2D eigenvalue weighted by Crippen LogP contribution is -2.36. The van der Waals surface area contributed by atoms with Crippen LogP contribution in [0.25, 0.3) is 0 Å². The first-order valence-electron chi connectivity index (χ1n) is 4.59. The Morgan fingerprint density at radius 1 is 1.54 bits per heavy atom. The Morgan fingerprint density at radius 2 is 2.31 bits per heavy atom. The molecule has 0 unspecified atom stereocenters. The molecule has 3 heteroatoms. The van der Waals surface area contributed by atoms with Gasteiger partial charge in [0.05, 0.1) is 0 Å². The van der Waals surface area contributed by atoms with Crippen LogP contribution in [0.3, 0.4) is 0 Å². The van der Waals surface area contributed by atoms with E-state index in [9.17, 15) is 4.79 Å².